The summed E-state index contributed by atoms with van der Waals surface area (Å²) < 4.78 is 0. The Balaban J connectivity index is 2.68. The van der Waals surface area contributed by atoms with Crippen molar-refractivity contribution in [3.05, 3.63) is 40.3 Å². The van der Waals surface area contributed by atoms with Crippen molar-refractivity contribution in [3.8, 4) is 0 Å². The third-order valence-electron chi connectivity index (χ3n) is 8.77. The van der Waals surface area contributed by atoms with Crippen LogP contribution in [0.5, 0.6) is 0 Å². The molecule has 1 rings (SSSR count). The summed E-state index contributed by atoms with van der Waals surface area (Å²) >= 11 is 0. The first kappa shape index (κ1) is 51.3. The van der Waals surface area contributed by atoms with E-state index in [9.17, 15) is 58.3 Å². The van der Waals surface area contributed by atoms with Crippen molar-refractivity contribution in [3.63, 3.8) is 0 Å². The van der Waals surface area contributed by atoms with Crippen LogP contribution in [0.4, 0.5) is 0 Å². The molecule has 0 unspecified atom stereocenters. The van der Waals surface area contributed by atoms with Crippen molar-refractivity contribution >= 4 is 53.7 Å². The van der Waals surface area contributed by atoms with Gasteiger partial charge in [0.25, 0.3) is 11.8 Å². The number of aliphatic carboxylic acids is 2. The first-order valence-electron chi connectivity index (χ1n) is 19.5. The van der Waals surface area contributed by atoms with Crippen LogP contribution in [0.25, 0.3) is 0 Å². The SMILES string of the molecule is Cc1cccc(C(=O)NCCCCN(CC(=O)O)C(=O)CN(CCN(CC=O)CCN(CC(=O)O)CC(=O)NCCCCNC(=O)CCCCC(N)=O)CC(=O)N=O)c1. The number of unbranched alkanes of at least 4 members (excludes halogenated alkanes) is 3. The molecule has 0 spiro atoms. The maximum Gasteiger partial charge on any atom is 0.323 e. The van der Waals surface area contributed by atoms with Crippen molar-refractivity contribution in [1.82, 2.24) is 35.6 Å². The first-order valence-corrected chi connectivity index (χ1v) is 19.5. The second-order valence-electron chi connectivity index (χ2n) is 13.9. The minimum Gasteiger partial charge on any atom is -0.480 e. The first-order chi connectivity index (χ1) is 28.1. The van der Waals surface area contributed by atoms with Gasteiger partial charge in [-0.15, -0.1) is 4.91 Å². The molecule has 21 heteroatoms. The van der Waals surface area contributed by atoms with E-state index in [4.69, 9.17) is 5.73 Å². The van der Waals surface area contributed by atoms with E-state index in [1.54, 1.807) is 23.1 Å². The smallest absolute Gasteiger partial charge is 0.323 e. The van der Waals surface area contributed by atoms with E-state index in [1.165, 1.54) is 9.80 Å². The number of nitrogens with one attached hydrogen (secondary N) is 3. The highest BCUT2D eigenvalue weighted by molar-refractivity contribution is 5.94. The number of carbonyl (C=O) groups excluding carboxylic acids is 7. The van der Waals surface area contributed by atoms with Gasteiger partial charge in [0.1, 0.15) is 12.8 Å². The lowest BCUT2D eigenvalue weighted by Crippen LogP contribution is -2.48. The van der Waals surface area contributed by atoms with Crippen molar-refractivity contribution in [2.75, 3.05) is 91.6 Å². The Labute approximate surface area is 343 Å². The van der Waals surface area contributed by atoms with Crippen LogP contribution in [0, 0.1) is 11.8 Å². The Kier molecular flexibility index (Phi) is 26.5. The van der Waals surface area contributed by atoms with Crippen LogP contribution in [0.1, 0.15) is 67.3 Å². The lowest BCUT2D eigenvalue weighted by atomic mass is 10.1. The van der Waals surface area contributed by atoms with Crippen molar-refractivity contribution < 1.29 is 53.4 Å². The highest BCUT2D eigenvalue weighted by Gasteiger charge is 2.23. The van der Waals surface area contributed by atoms with Gasteiger partial charge in [0.05, 0.1) is 32.7 Å². The van der Waals surface area contributed by atoms with Gasteiger partial charge in [0.2, 0.25) is 23.6 Å². The Hall–Kier alpha value is -5.67. The maximum atomic E-state index is 13.3. The Morgan fingerprint density at radius 3 is 1.85 bits per heavy atom. The molecule has 0 aliphatic rings. The number of carboxylic acid groups (broad SMARTS) is 2. The van der Waals surface area contributed by atoms with Gasteiger partial charge in [0, 0.05) is 75.9 Å². The number of nitroso groups, excluding NO2 is 1. The molecule has 1 aromatic carbocycles. The summed E-state index contributed by atoms with van der Waals surface area (Å²) in [5.41, 5.74) is 6.50. The number of nitrogens with two attached hydrogens (primary N) is 1. The summed E-state index contributed by atoms with van der Waals surface area (Å²) in [6.07, 6.45) is 4.09. The fraction of sp³-hybridized carbons (Fsp3) is 0.605. The molecule has 0 saturated carbocycles. The van der Waals surface area contributed by atoms with Crippen LogP contribution in [-0.4, -0.2) is 175 Å². The zero-order valence-electron chi connectivity index (χ0n) is 33.7. The van der Waals surface area contributed by atoms with Crippen LogP contribution in [0.2, 0.25) is 0 Å². The van der Waals surface area contributed by atoms with Gasteiger partial charge in [0.15, 0.2) is 0 Å². The number of benzene rings is 1. The average molecular weight is 834 g/mol. The molecule has 1 aromatic rings. The average Bonchev–Trinajstić information content (AvgIpc) is 3.17. The molecule has 0 bridgehead atoms. The molecule has 0 heterocycles. The minimum atomic E-state index is -1.27. The molecule has 0 fully saturated rings. The normalized spacial score (nSPS) is 10.9. The van der Waals surface area contributed by atoms with E-state index < -0.39 is 61.7 Å². The molecule has 0 saturated heterocycles. The predicted molar refractivity (Wildman–Crippen MR) is 214 cm³/mol. The molecule has 7 N–H and O–H groups in total. The van der Waals surface area contributed by atoms with Crippen molar-refractivity contribution in [2.24, 2.45) is 10.9 Å². The fourth-order valence-electron chi connectivity index (χ4n) is 5.71. The molecular formula is C38H59N9O12. The molecule has 0 aromatic heterocycles. The largest absolute Gasteiger partial charge is 0.480 e. The second-order valence-corrected chi connectivity index (χ2v) is 13.9. The molecule has 0 aliphatic heterocycles. The number of nitrogens with zero attached hydrogens (tertiary/aromatic N) is 5. The molecule has 328 valence electrons. The third-order valence-corrected chi connectivity index (χ3v) is 8.77. The van der Waals surface area contributed by atoms with Gasteiger partial charge in [-0.05, 0) is 57.6 Å². The minimum absolute atomic E-state index is 0.0312. The van der Waals surface area contributed by atoms with Gasteiger partial charge >= 0.3 is 11.9 Å². The van der Waals surface area contributed by atoms with Gasteiger partial charge < -0.3 is 41.6 Å². The van der Waals surface area contributed by atoms with Crippen molar-refractivity contribution in [2.45, 2.75) is 58.3 Å². The van der Waals surface area contributed by atoms with E-state index in [0.717, 1.165) is 10.5 Å². The number of hydrogen-bond acceptors (Lipinski definition) is 13. The zero-order valence-corrected chi connectivity index (χ0v) is 33.7. The summed E-state index contributed by atoms with van der Waals surface area (Å²) in [7, 11) is 0. The lowest BCUT2D eigenvalue weighted by Gasteiger charge is -2.29. The second kappa shape index (κ2) is 30.4. The quantitative estimate of drug-likeness (QED) is 0.0275. The van der Waals surface area contributed by atoms with Crippen molar-refractivity contribution in [1.29, 1.82) is 0 Å². The highest BCUT2D eigenvalue weighted by Crippen LogP contribution is 2.05. The Morgan fingerprint density at radius 2 is 1.25 bits per heavy atom. The fourth-order valence-corrected chi connectivity index (χ4v) is 5.71. The molecule has 0 radical (unpaired) electrons. The van der Waals surface area contributed by atoms with E-state index in [0.29, 0.717) is 56.9 Å². The number of amides is 6. The van der Waals surface area contributed by atoms with Crippen LogP contribution in [0.3, 0.4) is 0 Å². The predicted octanol–water partition coefficient (Wildman–Crippen LogP) is -1.04. The standard InChI is InChI=1S/C38H59N9O12/c1-29-9-8-10-30(23-29)38(58)42-15-6-7-16-47(28-37(56)57)35(53)26-45(25-34(52)43-59)19-17-44(21-22-48)18-20-46(27-36(54)55)24-33(51)41-14-5-4-13-40-32(50)12-3-2-11-31(39)49/h8-10,22-23H,2-7,11-21,24-28H2,1H3,(H2,39,49)(H,40,50)(H,41,51)(H,42,58)(H,54,55)(H,56,57). The molecule has 21 nitrogen and oxygen atoms in total. The van der Waals surface area contributed by atoms with E-state index >= 15 is 0 Å². The van der Waals surface area contributed by atoms with Crippen LogP contribution >= 0.6 is 0 Å². The molecule has 0 atom stereocenters. The van der Waals surface area contributed by atoms with E-state index in [1.807, 2.05) is 13.0 Å². The summed E-state index contributed by atoms with van der Waals surface area (Å²) in [4.78, 5) is 124. The van der Waals surface area contributed by atoms with Gasteiger partial charge in [-0.2, -0.15) is 0 Å². The molecule has 59 heavy (non-hydrogen) atoms. The van der Waals surface area contributed by atoms with Gasteiger partial charge in [-0.1, -0.05) is 17.7 Å². The summed E-state index contributed by atoms with van der Waals surface area (Å²) in [6.45, 7) is 0.514. The van der Waals surface area contributed by atoms with E-state index in [-0.39, 0.29) is 83.6 Å². The van der Waals surface area contributed by atoms with Crippen LogP contribution in [-0.2, 0) is 38.4 Å². The Morgan fingerprint density at radius 1 is 0.678 bits per heavy atom. The lowest BCUT2D eigenvalue weighted by molar-refractivity contribution is -0.145. The molecule has 6 amide bonds. The molecular weight excluding hydrogens is 774 g/mol. The number of primary amides is 1. The van der Waals surface area contributed by atoms with Crippen LogP contribution < -0.4 is 21.7 Å². The zero-order chi connectivity index (χ0) is 44.0. The van der Waals surface area contributed by atoms with Gasteiger partial charge in [-0.25, -0.2) is 0 Å². The Bertz CT molecular complexity index is 1560. The summed E-state index contributed by atoms with van der Waals surface area (Å²) in [6, 6.07) is 7.05. The summed E-state index contributed by atoms with van der Waals surface area (Å²) in [5, 5.41) is 29.5. The number of carbonyl (C=O) groups is 9. The topological polar surface area (TPSA) is 299 Å². The third kappa shape index (κ3) is 26.1. The molecule has 0 aliphatic carbocycles. The monoisotopic (exact) mass is 833 g/mol. The number of aldehydes is 1. The maximum absolute atomic E-state index is 13.3. The summed E-state index contributed by atoms with van der Waals surface area (Å²) in [5.74, 6) is -5.45. The van der Waals surface area contributed by atoms with E-state index in [2.05, 4.69) is 21.1 Å². The number of rotatable bonds is 34. The number of aryl methyl sites for hydroxylation is 1. The number of hydrogen-bond donors (Lipinski definition) is 6. The highest BCUT2D eigenvalue weighted by atomic mass is 16.4. The number of carboxylic acids is 2. The van der Waals surface area contributed by atoms with Gasteiger partial charge in [-0.3, -0.25) is 53.1 Å². The van der Waals surface area contributed by atoms with Crippen LogP contribution in [0.15, 0.2) is 29.4 Å².